The largest absolute Gasteiger partial charge is 0.391 e. The lowest BCUT2D eigenvalue weighted by atomic mass is 9.96. The first-order chi connectivity index (χ1) is 6.66. The van der Waals surface area contributed by atoms with Crippen molar-refractivity contribution in [1.82, 2.24) is 0 Å². The van der Waals surface area contributed by atoms with E-state index in [1.54, 1.807) is 6.92 Å². The summed E-state index contributed by atoms with van der Waals surface area (Å²) in [4.78, 5) is 0. The highest BCUT2D eigenvalue weighted by Gasteiger charge is 2.14. The molecule has 0 radical (unpaired) electrons. The average Bonchev–Trinajstić information content (AvgIpc) is 2.18. The molecule has 0 bridgehead atoms. The van der Waals surface area contributed by atoms with E-state index in [1.807, 2.05) is 24.3 Å². The van der Waals surface area contributed by atoms with Crippen LogP contribution in [-0.4, -0.2) is 11.2 Å². The summed E-state index contributed by atoms with van der Waals surface area (Å²) in [5.41, 5.74) is 7.55. The molecule has 2 atom stereocenters. The second-order valence-electron chi connectivity index (χ2n) is 3.30. The van der Waals surface area contributed by atoms with E-state index in [-0.39, 0.29) is 0 Å². The van der Waals surface area contributed by atoms with Crippen LogP contribution < -0.4 is 5.73 Å². The van der Waals surface area contributed by atoms with Crippen molar-refractivity contribution in [2.75, 3.05) is 0 Å². The molecule has 0 fully saturated rings. The highest BCUT2D eigenvalue weighted by molar-refractivity contribution is 5.32. The number of hydrogen-bond donors (Lipinski definition) is 2. The molecule has 3 heteroatoms. The molecule has 1 rings (SSSR count). The van der Waals surface area contributed by atoms with E-state index in [1.165, 1.54) is 0 Å². The number of benzene rings is 1. The fraction of sp³-hybridized carbons (Fsp3) is 0.364. The van der Waals surface area contributed by atoms with E-state index in [9.17, 15) is 5.11 Å². The first-order valence-electron chi connectivity index (χ1n) is 4.55. The summed E-state index contributed by atoms with van der Waals surface area (Å²) in [6.45, 7) is 1.65. The Morgan fingerprint density at radius 1 is 1.50 bits per heavy atom. The molecule has 0 aliphatic rings. The third-order valence-electron chi connectivity index (χ3n) is 2.20. The van der Waals surface area contributed by atoms with Crippen molar-refractivity contribution < 1.29 is 5.11 Å². The van der Waals surface area contributed by atoms with Crippen molar-refractivity contribution in [3.8, 4) is 6.07 Å². The van der Waals surface area contributed by atoms with Gasteiger partial charge in [0.2, 0.25) is 0 Å². The van der Waals surface area contributed by atoms with Gasteiger partial charge in [0.25, 0.3) is 0 Å². The molecule has 0 aliphatic heterocycles. The third kappa shape index (κ3) is 2.32. The Balaban J connectivity index is 3.01. The van der Waals surface area contributed by atoms with E-state index < -0.39 is 12.1 Å². The standard InChI is InChI=1S/C11H14N2O/c1-8(14)11(13)10-5-3-2-4-9(10)6-7-12/h2-5,8,11,14H,6,13H2,1H3. The van der Waals surface area contributed by atoms with E-state index in [0.29, 0.717) is 6.42 Å². The van der Waals surface area contributed by atoms with Crippen LogP contribution in [0.4, 0.5) is 0 Å². The molecule has 0 amide bonds. The van der Waals surface area contributed by atoms with Gasteiger partial charge >= 0.3 is 0 Å². The summed E-state index contributed by atoms with van der Waals surface area (Å²) < 4.78 is 0. The third-order valence-corrected chi connectivity index (χ3v) is 2.20. The second-order valence-corrected chi connectivity index (χ2v) is 3.30. The van der Waals surface area contributed by atoms with Crippen LogP contribution in [0.2, 0.25) is 0 Å². The molecule has 0 heterocycles. The van der Waals surface area contributed by atoms with Crippen molar-refractivity contribution in [2.24, 2.45) is 5.73 Å². The number of nitriles is 1. The topological polar surface area (TPSA) is 70.0 Å². The van der Waals surface area contributed by atoms with Crippen LogP contribution in [0.3, 0.4) is 0 Å². The quantitative estimate of drug-likeness (QED) is 0.750. The Morgan fingerprint density at radius 3 is 2.71 bits per heavy atom. The molecule has 2 unspecified atom stereocenters. The first-order valence-corrected chi connectivity index (χ1v) is 4.55. The van der Waals surface area contributed by atoms with E-state index in [4.69, 9.17) is 11.0 Å². The van der Waals surface area contributed by atoms with Gasteiger partial charge in [-0.15, -0.1) is 0 Å². The van der Waals surface area contributed by atoms with Gasteiger partial charge in [-0.25, -0.2) is 0 Å². The van der Waals surface area contributed by atoms with Crippen LogP contribution in [0.1, 0.15) is 24.1 Å². The minimum Gasteiger partial charge on any atom is -0.391 e. The van der Waals surface area contributed by atoms with Crippen molar-refractivity contribution >= 4 is 0 Å². The number of rotatable bonds is 3. The van der Waals surface area contributed by atoms with Crippen molar-refractivity contribution in [3.63, 3.8) is 0 Å². The lowest BCUT2D eigenvalue weighted by Crippen LogP contribution is -2.24. The number of nitrogens with zero attached hydrogens (tertiary/aromatic N) is 1. The van der Waals surface area contributed by atoms with Crippen molar-refractivity contribution in [1.29, 1.82) is 5.26 Å². The number of hydrogen-bond acceptors (Lipinski definition) is 3. The molecule has 0 aliphatic carbocycles. The monoisotopic (exact) mass is 190 g/mol. The van der Waals surface area contributed by atoms with Gasteiger partial charge in [-0.1, -0.05) is 24.3 Å². The summed E-state index contributed by atoms with van der Waals surface area (Å²) in [5, 5.41) is 18.0. The maximum atomic E-state index is 9.36. The van der Waals surface area contributed by atoms with Gasteiger partial charge in [-0.2, -0.15) is 5.26 Å². The normalized spacial score (nSPS) is 14.4. The smallest absolute Gasteiger partial charge is 0.0704 e. The molecule has 1 aromatic rings. The van der Waals surface area contributed by atoms with Gasteiger partial charge in [-0.05, 0) is 18.1 Å². The van der Waals surface area contributed by atoms with Gasteiger partial charge in [0, 0.05) is 0 Å². The predicted molar refractivity (Wildman–Crippen MR) is 54.4 cm³/mol. The zero-order valence-electron chi connectivity index (χ0n) is 8.14. The summed E-state index contributed by atoms with van der Waals surface area (Å²) >= 11 is 0. The summed E-state index contributed by atoms with van der Waals surface area (Å²) in [6.07, 6.45) is -0.272. The van der Waals surface area contributed by atoms with E-state index >= 15 is 0 Å². The molecule has 3 N–H and O–H groups in total. The van der Waals surface area contributed by atoms with Crippen molar-refractivity contribution in [2.45, 2.75) is 25.5 Å². The van der Waals surface area contributed by atoms with Crippen LogP contribution in [0, 0.1) is 11.3 Å². The van der Waals surface area contributed by atoms with Crippen molar-refractivity contribution in [3.05, 3.63) is 35.4 Å². The van der Waals surface area contributed by atoms with E-state index in [2.05, 4.69) is 6.07 Å². The Hall–Kier alpha value is -1.37. The Labute approximate surface area is 83.8 Å². The maximum Gasteiger partial charge on any atom is 0.0704 e. The van der Waals surface area contributed by atoms with Gasteiger partial charge in [0.05, 0.1) is 24.6 Å². The summed E-state index contributed by atoms with van der Waals surface area (Å²) in [6, 6.07) is 9.10. The average molecular weight is 190 g/mol. The maximum absolute atomic E-state index is 9.36. The molecule has 0 saturated carbocycles. The van der Waals surface area contributed by atoms with Gasteiger partial charge in [0.15, 0.2) is 0 Å². The fourth-order valence-electron chi connectivity index (χ4n) is 1.37. The lowest BCUT2D eigenvalue weighted by Gasteiger charge is -2.17. The zero-order chi connectivity index (χ0) is 10.6. The minimum atomic E-state index is -0.602. The van der Waals surface area contributed by atoms with Gasteiger partial charge in [-0.3, -0.25) is 0 Å². The SMILES string of the molecule is CC(O)C(N)c1ccccc1CC#N. The lowest BCUT2D eigenvalue weighted by molar-refractivity contribution is 0.164. The van der Waals surface area contributed by atoms with E-state index in [0.717, 1.165) is 11.1 Å². The number of nitrogens with two attached hydrogens (primary N) is 1. The van der Waals surface area contributed by atoms with Gasteiger partial charge in [0.1, 0.15) is 0 Å². The Morgan fingerprint density at radius 2 is 2.14 bits per heavy atom. The van der Waals surface area contributed by atoms with Crippen LogP contribution in [-0.2, 0) is 6.42 Å². The van der Waals surface area contributed by atoms with Crippen LogP contribution in [0.25, 0.3) is 0 Å². The van der Waals surface area contributed by atoms with Gasteiger partial charge < -0.3 is 10.8 Å². The van der Waals surface area contributed by atoms with Crippen LogP contribution in [0.15, 0.2) is 24.3 Å². The first kappa shape index (κ1) is 10.7. The summed E-state index contributed by atoms with van der Waals surface area (Å²) in [5.74, 6) is 0. The molecular formula is C11H14N2O. The Kier molecular flexibility index (Phi) is 3.63. The second kappa shape index (κ2) is 4.75. The molecule has 1 aromatic carbocycles. The number of aliphatic hydroxyl groups excluding tert-OH is 1. The highest BCUT2D eigenvalue weighted by atomic mass is 16.3. The fourth-order valence-corrected chi connectivity index (χ4v) is 1.37. The Bertz CT molecular complexity index is 341. The van der Waals surface area contributed by atoms with Crippen LogP contribution >= 0.6 is 0 Å². The molecule has 0 aromatic heterocycles. The summed E-state index contributed by atoms with van der Waals surface area (Å²) in [7, 11) is 0. The molecule has 74 valence electrons. The minimum absolute atomic E-state index is 0.330. The molecule has 0 spiro atoms. The molecule has 14 heavy (non-hydrogen) atoms. The number of aliphatic hydroxyl groups is 1. The molecule has 3 nitrogen and oxygen atoms in total. The predicted octanol–water partition coefficient (Wildman–Crippen LogP) is 1.13. The molecular weight excluding hydrogens is 176 g/mol. The van der Waals surface area contributed by atoms with Crippen LogP contribution in [0.5, 0.6) is 0 Å². The molecule has 0 saturated heterocycles. The highest BCUT2D eigenvalue weighted by Crippen LogP contribution is 2.19. The zero-order valence-corrected chi connectivity index (χ0v) is 8.14.